The molecule has 1 aliphatic heterocycles. The highest BCUT2D eigenvalue weighted by atomic mass is 16.2. The van der Waals surface area contributed by atoms with E-state index in [4.69, 9.17) is 5.73 Å². The zero-order valence-electron chi connectivity index (χ0n) is 11.9. The molecular formula is C15H23N3O. The summed E-state index contributed by atoms with van der Waals surface area (Å²) in [6, 6.07) is 6.15. The Morgan fingerprint density at radius 3 is 2.53 bits per heavy atom. The van der Waals surface area contributed by atoms with Crippen LogP contribution in [0.3, 0.4) is 0 Å². The highest BCUT2D eigenvalue weighted by Crippen LogP contribution is 2.20. The van der Waals surface area contributed by atoms with Gasteiger partial charge in [0.2, 0.25) is 5.91 Å². The molecular weight excluding hydrogens is 238 g/mol. The van der Waals surface area contributed by atoms with E-state index < -0.39 is 0 Å². The van der Waals surface area contributed by atoms with Crippen LogP contribution in [0, 0.1) is 0 Å². The summed E-state index contributed by atoms with van der Waals surface area (Å²) in [5.41, 5.74) is 9.50. The molecule has 0 spiro atoms. The standard InChI is InChI=1S/C15H23N3O/c1-3-14-13(5-4-6-15(14)16)11-17-7-9-18(10-8-17)12(2)19/h4-6H,3,7-11,16H2,1-2H3. The zero-order chi connectivity index (χ0) is 13.8. The molecule has 1 heterocycles. The summed E-state index contributed by atoms with van der Waals surface area (Å²) in [6.07, 6.45) is 0.968. The number of nitrogens with zero attached hydrogens (tertiary/aromatic N) is 2. The van der Waals surface area contributed by atoms with Crippen molar-refractivity contribution in [3.63, 3.8) is 0 Å². The van der Waals surface area contributed by atoms with E-state index in [0.717, 1.165) is 44.8 Å². The van der Waals surface area contributed by atoms with E-state index in [9.17, 15) is 4.79 Å². The van der Waals surface area contributed by atoms with Crippen LogP contribution in [0.15, 0.2) is 18.2 Å². The third-order valence-electron chi connectivity index (χ3n) is 3.87. The van der Waals surface area contributed by atoms with Crippen molar-refractivity contribution in [3.05, 3.63) is 29.3 Å². The molecule has 2 rings (SSSR count). The number of hydrogen-bond acceptors (Lipinski definition) is 3. The van der Waals surface area contributed by atoms with Gasteiger partial charge in [-0.2, -0.15) is 0 Å². The summed E-state index contributed by atoms with van der Waals surface area (Å²) >= 11 is 0. The first-order valence-electron chi connectivity index (χ1n) is 6.96. The molecule has 0 radical (unpaired) electrons. The molecule has 1 saturated heterocycles. The van der Waals surface area contributed by atoms with Crippen molar-refractivity contribution < 1.29 is 4.79 Å². The first kappa shape index (κ1) is 13.9. The maximum Gasteiger partial charge on any atom is 0.219 e. The van der Waals surface area contributed by atoms with Gasteiger partial charge >= 0.3 is 0 Å². The number of rotatable bonds is 3. The molecule has 1 aromatic carbocycles. The summed E-state index contributed by atoms with van der Waals surface area (Å²) in [6.45, 7) is 8.26. The Labute approximate surface area is 115 Å². The molecule has 104 valence electrons. The van der Waals surface area contributed by atoms with E-state index in [1.54, 1.807) is 6.92 Å². The third-order valence-corrected chi connectivity index (χ3v) is 3.87. The summed E-state index contributed by atoms with van der Waals surface area (Å²) < 4.78 is 0. The Bertz CT molecular complexity index is 451. The lowest BCUT2D eigenvalue weighted by Gasteiger charge is -2.34. The Morgan fingerprint density at radius 1 is 1.26 bits per heavy atom. The average Bonchev–Trinajstić information content (AvgIpc) is 2.39. The van der Waals surface area contributed by atoms with Gasteiger partial charge in [0.1, 0.15) is 0 Å². The van der Waals surface area contributed by atoms with E-state index in [1.165, 1.54) is 11.1 Å². The van der Waals surface area contributed by atoms with Crippen LogP contribution in [0.25, 0.3) is 0 Å². The number of nitrogens with two attached hydrogens (primary N) is 1. The van der Waals surface area contributed by atoms with E-state index in [2.05, 4.69) is 17.9 Å². The number of carbonyl (C=O) groups is 1. The van der Waals surface area contributed by atoms with Gasteiger partial charge in [0.05, 0.1) is 0 Å². The summed E-state index contributed by atoms with van der Waals surface area (Å²) in [5.74, 6) is 0.179. The lowest BCUT2D eigenvalue weighted by Crippen LogP contribution is -2.47. The minimum Gasteiger partial charge on any atom is -0.398 e. The van der Waals surface area contributed by atoms with Crippen LogP contribution in [0.1, 0.15) is 25.0 Å². The summed E-state index contributed by atoms with van der Waals surface area (Å²) in [4.78, 5) is 15.6. The topological polar surface area (TPSA) is 49.6 Å². The van der Waals surface area contributed by atoms with Crippen LogP contribution < -0.4 is 5.73 Å². The second-order valence-corrected chi connectivity index (χ2v) is 5.12. The summed E-state index contributed by atoms with van der Waals surface area (Å²) in [5, 5.41) is 0. The van der Waals surface area contributed by atoms with E-state index >= 15 is 0 Å². The van der Waals surface area contributed by atoms with Crippen molar-refractivity contribution in [2.45, 2.75) is 26.8 Å². The fraction of sp³-hybridized carbons (Fsp3) is 0.533. The number of nitrogen functional groups attached to an aromatic ring is 1. The fourth-order valence-corrected chi connectivity index (χ4v) is 2.70. The third kappa shape index (κ3) is 3.26. The number of carbonyl (C=O) groups excluding carboxylic acids is 1. The van der Waals surface area contributed by atoms with E-state index in [0.29, 0.717) is 0 Å². The van der Waals surface area contributed by atoms with E-state index in [-0.39, 0.29) is 5.91 Å². The second-order valence-electron chi connectivity index (χ2n) is 5.12. The maximum absolute atomic E-state index is 11.3. The number of hydrogen-bond donors (Lipinski definition) is 1. The molecule has 0 saturated carbocycles. The van der Waals surface area contributed by atoms with Gasteiger partial charge in [0.25, 0.3) is 0 Å². The highest BCUT2D eigenvalue weighted by molar-refractivity contribution is 5.73. The van der Waals surface area contributed by atoms with Crippen LogP contribution in [-0.2, 0) is 17.8 Å². The smallest absolute Gasteiger partial charge is 0.219 e. The quantitative estimate of drug-likeness (QED) is 0.839. The molecule has 19 heavy (non-hydrogen) atoms. The Morgan fingerprint density at radius 2 is 1.95 bits per heavy atom. The van der Waals surface area contributed by atoms with Gasteiger partial charge in [0.15, 0.2) is 0 Å². The number of amides is 1. The molecule has 1 fully saturated rings. The maximum atomic E-state index is 11.3. The molecule has 1 aromatic rings. The van der Waals surface area contributed by atoms with Gasteiger partial charge in [-0.05, 0) is 23.6 Å². The summed E-state index contributed by atoms with van der Waals surface area (Å²) in [7, 11) is 0. The molecule has 1 aliphatic rings. The molecule has 0 aliphatic carbocycles. The molecule has 4 heteroatoms. The largest absolute Gasteiger partial charge is 0.398 e. The SMILES string of the molecule is CCc1c(N)cccc1CN1CCN(C(C)=O)CC1. The first-order chi connectivity index (χ1) is 9.11. The van der Waals surface area contributed by atoms with Crippen molar-refractivity contribution >= 4 is 11.6 Å². The predicted octanol–water partition coefficient (Wildman–Crippen LogP) is 1.50. The zero-order valence-corrected chi connectivity index (χ0v) is 11.9. The fourth-order valence-electron chi connectivity index (χ4n) is 2.70. The Balaban J connectivity index is 1.99. The monoisotopic (exact) mass is 261 g/mol. The molecule has 2 N–H and O–H groups in total. The van der Waals surface area contributed by atoms with Gasteiger partial charge in [-0.15, -0.1) is 0 Å². The van der Waals surface area contributed by atoms with Crippen LogP contribution in [0.4, 0.5) is 5.69 Å². The normalized spacial score (nSPS) is 16.6. The van der Waals surface area contributed by atoms with Gasteiger partial charge in [-0.3, -0.25) is 9.69 Å². The molecule has 0 bridgehead atoms. The number of anilines is 1. The van der Waals surface area contributed by atoms with E-state index in [1.807, 2.05) is 17.0 Å². The van der Waals surface area contributed by atoms with Gasteiger partial charge < -0.3 is 10.6 Å². The van der Waals surface area contributed by atoms with Crippen molar-refractivity contribution in [3.8, 4) is 0 Å². The van der Waals surface area contributed by atoms with Crippen molar-refractivity contribution in [1.29, 1.82) is 0 Å². The number of piperazine rings is 1. The second kappa shape index (κ2) is 6.06. The van der Waals surface area contributed by atoms with Crippen molar-refractivity contribution in [2.24, 2.45) is 0 Å². The van der Waals surface area contributed by atoms with Gasteiger partial charge in [-0.1, -0.05) is 19.1 Å². The van der Waals surface area contributed by atoms with Crippen molar-refractivity contribution in [2.75, 3.05) is 31.9 Å². The first-order valence-corrected chi connectivity index (χ1v) is 6.96. The molecule has 4 nitrogen and oxygen atoms in total. The number of benzene rings is 1. The minimum atomic E-state index is 0.179. The van der Waals surface area contributed by atoms with Gasteiger partial charge in [-0.25, -0.2) is 0 Å². The van der Waals surface area contributed by atoms with Crippen molar-refractivity contribution in [1.82, 2.24) is 9.80 Å². The molecule has 0 aromatic heterocycles. The molecule has 0 unspecified atom stereocenters. The van der Waals surface area contributed by atoms with Gasteiger partial charge in [0, 0.05) is 45.3 Å². The minimum absolute atomic E-state index is 0.179. The lowest BCUT2D eigenvalue weighted by atomic mass is 10.0. The average molecular weight is 261 g/mol. The van der Waals surface area contributed by atoms with Crippen LogP contribution >= 0.6 is 0 Å². The lowest BCUT2D eigenvalue weighted by molar-refractivity contribution is -0.130. The molecule has 0 atom stereocenters. The molecule has 1 amide bonds. The van der Waals surface area contributed by atoms with Crippen LogP contribution in [-0.4, -0.2) is 41.9 Å². The van der Waals surface area contributed by atoms with Crippen LogP contribution in [0.2, 0.25) is 0 Å². The highest BCUT2D eigenvalue weighted by Gasteiger charge is 2.19. The van der Waals surface area contributed by atoms with Crippen LogP contribution in [0.5, 0.6) is 0 Å². The Hall–Kier alpha value is -1.55. The predicted molar refractivity (Wildman–Crippen MR) is 77.8 cm³/mol. The Kier molecular flexibility index (Phi) is 4.43.